The van der Waals surface area contributed by atoms with Gasteiger partial charge in [-0.25, -0.2) is 0 Å². The molecule has 0 bridgehead atoms. The van der Waals surface area contributed by atoms with Crippen LogP contribution >= 0.6 is 0 Å². The summed E-state index contributed by atoms with van der Waals surface area (Å²) < 4.78 is 2.14. The second-order valence-corrected chi connectivity index (χ2v) is 2.80. The fourth-order valence-corrected chi connectivity index (χ4v) is 0.990. The molecule has 0 aliphatic carbocycles. The van der Waals surface area contributed by atoms with Gasteiger partial charge in [0.1, 0.15) is 0 Å². The fraction of sp³-hybridized carbons (Fsp3) is 0.300. The molecule has 12 heavy (non-hydrogen) atoms. The Morgan fingerprint density at radius 1 is 1.58 bits per heavy atom. The lowest BCUT2D eigenvalue weighted by molar-refractivity contribution is -0.709. The molecule has 1 atom stereocenters. The molecule has 0 aromatic carbocycles. The molecule has 1 rings (SSSR count). The molecule has 0 N–H and O–H groups in total. The highest BCUT2D eigenvalue weighted by Crippen LogP contribution is 1.96. The maximum Gasteiger partial charge on any atom is 0.173 e. The molecule has 1 heterocycles. The van der Waals surface area contributed by atoms with E-state index in [0.29, 0.717) is 6.04 Å². The number of aryl methyl sites for hydroxylation is 1. The molecule has 0 fully saturated rings. The third kappa shape index (κ3) is 2.67. The summed E-state index contributed by atoms with van der Waals surface area (Å²) in [6.07, 6.45) is 6.10. The minimum absolute atomic E-state index is 0. The second-order valence-electron chi connectivity index (χ2n) is 2.80. The Morgan fingerprint density at radius 2 is 2.25 bits per heavy atom. The van der Waals surface area contributed by atoms with Crippen molar-refractivity contribution in [1.29, 1.82) is 0 Å². The average Bonchev–Trinajstić information content (AvgIpc) is 2.03. The molecular formula is C10H14ClN. The second kappa shape index (κ2) is 4.94. The summed E-state index contributed by atoms with van der Waals surface area (Å²) in [5.41, 5.74) is 1.28. The van der Waals surface area contributed by atoms with Gasteiger partial charge in [0.15, 0.2) is 18.4 Å². The van der Waals surface area contributed by atoms with Crippen LogP contribution in [-0.2, 0) is 0 Å². The van der Waals surface area contributed by atoms with E-state index in [2.05, 4.69) is 49.5 Å². The number of halogens is 1. The monoisotopic (exact) mass is 183 g/mol. The predicted octanol–water partition coefficient (Wildman–Crippen LogP) is -0.966. The van der Waals surface area contributed by atoms with E-state index in [1.54, 1.807) is 0 Å². The molecule has 2 heteroatoms. The minimum atomic E-state index is 0. The van der Waals surface area contributed by atoms with E-state index in [-0.39, 0.29) is 12.4 Å². The van der Waals surface area contributed by atoms with Crippen LogP contribution in [0, 0.1) is 6.92 Å². The summed E-state index contributed by atoms with van der Waals surface area (Å²) in [5.74, 6) is 0. The normalized spacial score (nSPS) is 11.5. The smallest absolute Gasteiger partial charge is 0.173 e. The molecule has 0 saturated heterocycles. The van der Waals surface area contributed by atoms with E-state index in [4.69, 9.17) is 0 Å². The van der Waals surface area contributed by atoms with Crippen molar-refractivity contribution in [2.75, 3.05) is 0 Å². The number of hydrogen-bond acceptors (Lipinski definition) is 0. The Hall–Kier alpha value is -0.820. The number of hydrogen-bond donors (Lipinski definition) is 0. The van der Waals surface area contributed by atoms with E-state index in [1.807, 2.05) is 6.08 Å². The van der Waals surface area contributed by atoms with Crippen LogP contribution in [0.3, 0.4) is 0 Å². The van der Waals surface area contributed by atoms with E-state index >= 15 is 0 Å². The van der Waals surface area contributed by atoms with Crippen LogP contribution in [0.25, 0.3) is 0 Å². The Bertz CT molecular complexity index is 258. The van der Waals surface area contributed by atoms with Gasteiger partial charge < -0.3 is 12.4 Å². The maximum atomic E-state index is 3.75. The number of nitrogens with zero attached hydrogens (tertiary/aromatic N) is 1. The Morgan fingerprint density at radius 3 is 2.75 bits per heavy atom. The molecule has 1 aromatic rings. The first-order chi connectivity index (χ1) is 5.24. The minimum Gasteiger partial charge on any atom is -1.00 e. The van der Waals surface area contributed by atoms with E-state index < -0.39 is 0 Å². The molecule has 1 nitrogen and oxygen atoms in total. The van der Waals surface area contributed by atoms with Crippen molar-refractivity contribution in [3.05, 3.63) is 42.7 Å². The van der Waals surface area contributed by atoms with Gasteiger partial charge in [0, 0.05) is 18.6 Å². The molecule has 0 aliphatic heterocycles. The van der Waals surface area contributed by atoms with Crippen LogP contribution in [0.5, 0.6) is 0 Å². The lowest BCUT2D eigenvalue weighted by Crippen LogP contribution is -3.00. The SMILES string of the molecule is C=CC(C)[n+]1cccc(C)c1.[Cl-]. The highest BCUT2D eigenvalue weighted by molar-refractivity contribution is 5.01. The van der Waals surface area contributed by atoms with Gasteiger partial charge in [0.2, 0.25) is 0 Å². The van der Waals surface area contributed by atoms with Gasteiger partial charge in [-0.1, -0.05) is 6.58 Å². The van der Waals surface area contributed by atoms with Crippen LogP contribution in [0.15, 0.2) is 37.2 Å². The lowest BCUT2D eigenvalue weighted by Gasteiger charge is -2.00. The van der Waals surface area contributed by atoms with Crippen molar-refractivity contribution in [1.82, 2.24) is 0 Å². The fourth-order valence-electron chi connectivity index (χ4n) is 0.990. The summed E-state index contributed by atoms with van der Waals surface area (Å²) in [4.78, 5) is 0. The van der Waals surface area contributed by atoms with Gasteiger partial charge in [-0.15, -0.1) is 0 Å². The van der Waals surface area contributed by atoms with Crippen LogP contribution in [0.1, 0.15) is 18.5 Å². The standard InChI is InChI=1S/C10H14N.ClH/c1-4-10(3)11-7-5-6-9(2)8-11;/h4-8,10H,1H2,2-3H3;1H/q+1;/p-1. The third-order valence-electron chi connectivity index (χ3n) is 1.78. The molecule has 0 radical (unpaired) electrons. The van der Waals surface area contributed by atoms with Crippen LogP contribution < -0.4 is 17.0 Å². The number of rotatable bonds is 2. The van der Waals surface area contributed by atoms with Crippen LogP contribution in [0.2, 0.25) is 0 Å². The topological polar surface area (TPSA) is 3.88 Å². The highest BCUT2D eigenvalue weighted by atomic mass is 35.5. The van der Waals surface area contributed by atoms with Crippen molar-refractivity contribution >= 4 is 0 Å². The van der Waals surface area contributed by atoms with Gasteiger partial charge in [-0.3, -0.25) is 0 Å². The molecule has 1 unspecified atom stereocenters. The van der Waals surface area contributed by atoms with Crippen molar-refractivity contribution in [2.24, 2.45) is 0 Å². The largest absolute Gasteiger partial charge is 1.00 e. The van der Waals surface area contributed by atoms with Gasteiger partial charge in [0.25, 0.3) is 0 Å². The van der Waals surface area contributed by atoms with Crippen molar-refractivity contribution in [2.45, 2.75) is 19.9 Å². The Labute approximate surface area is 80.1 Å². The van der Waals surface area contributed by atoms with E-state index in [0.717, 1.165) is 0 Å². The third-order valence-corrected chi connectivity index (χ3v) is 1.78. The van der Waals surface area contributed by atoms with Crippen LogP contribution in [0.4, 0.5) is 0 Å². The summed E-state index contributed by atoms with van der Waals surface area (Å²) in [6, 6.07) is 4.52. The van der Waals surface area contributed by atoms with Crippen molar-refractivity contribution in [3.8, 4) is 0 Å². The zero-order valence-corrected chi connectivity index (χ0v) is 8.25. The zero-order chi connectivity index (χ0) is 8.27. The van der Waals surface area contributed by atoms with Gasteiger partial charge in [-0.2, -0.15) is 4.57 Å². The van der Waals surface area contributed by atoms with Crippen molar-refractivity contribution in [3.63, 3.8) is 0 Å². The van der Waals surface area contributed by atoms with Crippen molar-refractivity contribution < 1.29 is 17.0 Å². The first-order valence-corrected chi connectivity index (χ1v) is 3.84. The van der Waals surface area contributed by atoms with E-state index in [9.17, 15) is 0 Å². The lowest BCUT2D eigenvalue weighted by atomic mass is 10.3. The van der Waals surface area contributed by atoms with E-state index in [1.165, 1.54) is 5.56 Å². The van der Waals surface area contributed by atoms with Gasteiger partial charge in [-0.05, 0) is 19.1 Å². The molecule has 0 saturated carbocycles. The average molecular weight is 184 g/mol. The van der Waals surface area contributed by atoms with Crippen LogP contribution in [-0.4, -0.2) is 0 Å². The number of pyridine rings is 1. The summed E-state index contributed by atoms with van der Waals surface area (Å²) in [6.45, 7) is 7.95. The highest BCUT2D eigenvalue weighted by Gasteiger charge is 2.05. The molecule has 66 valence electrons. The molecular weight excluding hydrogens is 170 g/mol. The summed E-state index contributed by atoms with van der Waals surface area (Å²) in [5, 5.41) is 0. The summed E-state index contributed by atoms with van der Waals surface area (Å²) >= 11 is 0. The molecule has 0 amide bonds. The zero-order valence-electron chi connectivity index (χ0n) is 7.50. The first-order valence-electron chi connectivity index (χ1n) is 3.84. The Kier molecular flexibility index (Phi) is 4.60. The quantitative estimate of drug-likeness (QED) is 0.411. The molecule has 0 aliphatic rings. The van der Waals surface area contributed by atoms with Gasteiger partial charge in [0.05, 0.1) is 0 Å². The Balaban J connectivity index is 0.00000121. The predicted molar refractivity (Wildman–Crippen MR) is 46.3 cm³/mol. The maximum absolute atomic E-state index is 3.75. The molecule has 0 spiro atoms. The van der Waals surface area contributed by atoms with Gasteiger partial charge >= 0.3 is 0 Å². The summed E-state index contributed by atoms with van der Waals surface area (Å²) in [7, 11) is 0. The number of allylic oxidation sites excluding steroid dienone is 1. The number of aromatic nitrogens is 1. The molecule has 1 aromatic heterocycles. The first kappa shape index (κ1) is 11.2.